The van der Waals surface area contributed by atoms with Gasteiger partial charge in [-0.3, -0.25) is 0 Å². The van der Waals surface area contributed by atoms with Crippen LogP contribution in [-0.4, -0.2) is 34.4 Å². The maximum absolute atomic E-state index is 10.1. The van der Waals surface area contributed by atoms with Gasteiger partial charge in [0.1, 0.15) is 17.9 Å². The molecule has 3 heterocycles. The molecule has 0 aromatic carbocycles. The van der Waals surface area contributed by atoms with Gasteiger partial charge in [0.2, 0.25) is 0 Å². The summed E-state index contributed by atoms with van der Waals surface area (Å²) < 4.78 is 0. The first-order chi connectivity index (χ1) is 12.0. The van der Waals surface area contributed by atoms with Crippen molar-refractivity contribution in [3.8, 4) is 0 Å². The van der Waals surface area contributed by atoms with E-state index in [0.717, 1.165) is 35.4 Å². The molecule has 5 nitrogen and oxygen atoms in total. The lowest BCUT2D eigenvalue weighted by Gasteiger charge is -2.29. The monoisotopic (exact) mass is 342 g/mol. The molecular weight excluding hydrogens is 312 g/mol. The van der Waals surface area contributed by atoms with Gasteiger partial charge in [0, 0.05) is 35.8 Å². The number of hydrogen-bond acceptors (Lipinski definition) is 5. The predicted molar refractivity (Wildman–Crippen MR) is 104 cm³/mol. The molecule has 2 aromatic rings. The highest BCUT2D eigenvalue weighted by Gasteiger charge is 2.18. The van der Waals surface area contributed by atoms with Crippen LogP contribution < -0.4 is 10.2 Å². The van der Waals surface area contributed by atoms with E-state index >= 15 is 0 Å². The summed E-state index contributed by atoms with van der Waals surface area (Å²) in [5.74, 6) is 2.27. The Balaban J connectivity index is 2.05. The van der Waals surface area contributed by atoms with Crippen molar-refractivity contribution in [1.82, 2.24) is 9.97 Å². The minimum absolute atomic E-state index is 0.125. The molecule has 0 aliphatic carbocycles. The summed E-state index contributed by atoms with van der Waals surface area (Å²) in [6.07, 6.45) is 5.03. The Morgan fingerprint density at radius 3 is 2.44 bits per heavy atom. The number of hydrogen-bond donors (Lipinski definition) is 2. The van der Waals surface area contributed by atoms with E-state index in [9.17, 15) is 5.11 Å². The van der Waals surface area contributed by atoms with Crippen molar-refractivity contribution in [3.63, 3.8) is 0 Å². The number of pyridine rings is 2. The third-order valence-electron chi connectivity index (χ3n) is 4.89. The van der Waals surface area contributed by atoms with Gasteiger partial charge >= 0.3 is 0 Å². The van der Waals surface area contributed by atoms with Gasteiger partial charge in [-0.1, -0.05) is 27.7 Å². The molecule has 0 amide bonds. The summed E-state index contributed by atoms with van der Waals surface area (Å²) in [5.41, 5.74) is 1.11. The summed E-state index contributed by atoms with van der Waals surface area (Å²) in [7, 11) is 0. The third-order valence-corrected chi connectivity index (χ3v) is 4.89. The van der Waals surface area contributed by atoms with Gasteiger partial charge in [0.25, 0.3) is 0 Å². The highest BCUT2D eigenvalue weighted by molar-refractivity contribution is 5.94. The van der Waals surface area contributed by atoms with Crippen LogP contribution in [0, 0.1) is 5.92 Å². The molecule has 0 bridgehead atoms. The fraction of sp³-hybridized carbons (Fsp3) is 0.600. The molecule has 0 radical (unpaired) electrons. The molecule has 1 saturated heterocycles. The van der Waals surface area contributed by atoms with Crippen molar-refractivity contribution in [2.24, 2.45) is 5.92 Å². The van der Waals surface area contributed by atoms with Crippen molar-refractivity contribution in [2.75, 3.05) is 23.3 Å². The number of aliphatic hydroxyl groups is 1. The molecule has 1 atom stereocenters. The Hall–Kier alpha value is -1.88. The van der Waals surface area contributed by atoms with Crippen LogP contribution in [0.1, 0.15) is 58.6 Å². The summed E-state index contributed by atoms with van der Waals surface area (Å²) in [4.78, 5) is 11.9. The lowest BCUT2D eigenvalue weighted by atomic mass is 10.0. The Morgan fingerprint density at radius 2 is 1.80 bits per heavy atom. The van der Waals surface area contributed by atoms with Crippen LogP contribution in [0.4, 0.5) is 11.6 Å². The van der Waals surface area contributed by atoms with E-state index in [1.807, 2.05) is 26.1 Å². The van der Waals surface area contributed by atoms with E-state index in [4.69, 9.17) is 4.98 Å². The van der Waals surface area contributed by atoms with Crippen LogP contribution in [0.2, 0.25) is 0 Å². The fourth-order valence-electron chi connectivity index (χ4n) is 3.19. The maximum Gasteiger partial charge on any atom is 0.136 e. The molecule has 136 valence electrons. The first-order valence-corrected chi connectivity index (χ1v) is 9.46. The van der Waals surface area contributed by atoms with Crippen LogP contribution in [0.5, 0.6) is 0 Å². The summed E-state index contributed by atoms with van der Waals surface area (Å²) in [6, 6.07) is 4.17. The number of aliphatic hydroxyl groups excluding tert-OH is 1. The molecule has 2 N–H and O–H groups in total. The van der Waals surface area contributed by atoms with E-state index in [0.29, 0.717) is 11.7 Å². The standard InChI is InChI=1S/C20H30N4O/c1-13(2)17-10-15-12-21-18(23-20(25)14(3)4)11-16(15)19(22-17)24-8-6-5-7-9-24/h10-14,20,25H,5-9H2,1-4H3,(H,21,23). The Morgan fingerprint density at radius 1 is 1.08 bits per heavy atom. The number of aromatic nitrogens is 2. The van der Waals surface area contributed by atoms with Crippen molar-refractivity contribution in [1.29, 1.82) is 0 Å². The largest absolute Gasteiger partial charge is 0.374 e. The number of fused-ring (bicyclic) bond motifs is 1. The highest BCUT2D eigenvalue weighted by atomic mass is 16.3. The minimum Gasteiger partial charge on any atom is -0.374 e. The van der Waals surface area contributed by atoms with Gasteiger partial charge < -0.3 is 15.3 Å². The van der Waals surface area contributed by atoms with E-state index in [1.54, 1.807) is 0 Å². The second-order valence-corrected chi connectivity index (χ2v) is 7.70. The normalized spacial score (nSPS) is 16.7. The van der Waals surface area contributed by atoms with E-state index < -0.39 is 6.23 Å². The zero-order valence-corrected chi connectivity index (χ0v) is 15.8. The zero-order valence-electron chi connectivity index (χ0n) is 15.8. The minimum atomic E-state index is -0.605. The molecule has 1 aliphatic heterocycles. The van der Waals surface area contributed by atoms with Crippen molar-refractivity contribution in [3.05, 3.63) is 24.0 Å². The Bertz CT molecular complexity index is 723. The molecule has 1 unspecified atom stereocenters. The van der Waals surface area contributed by atoms with Crippen LogP contribution in [0.3, 0.4) is 0 Å². The second kappa shape index (κ2) is 7.56. The molecule has 5 heteroatoms. The van der Waals surface area contributed by atoms with E-state index in [2.05, 4.69) is 35.1 Å². The zero-order chi connectivity index (χ0) is 18.0. The molecule has 0 saturated carbocycles. The topological polar surface area (TPSA) is 61.3 Å². The van der Waals surface area contributed by atoms with Gasteiger partial charge in [-0.25, -0.2) is 9.97 Å². The molecule has 0 spiro atoms. The van der Waals surface area contributed by atoms with Crippen LogP contribution in [0.15, 0.2) is 18.3 Å². The number of rotatable bonds is 5. The average Bonchev–Trinajstić information content (AvgIpc) is 2.61. The molecule has 1 fully saturated rings. The van der Waals surface area contributed by atoms with Crippen LogP contribution >= 0.6 is 0 Å². The SMILES string of the molecule is CC(C)c1cc2cnc(NC(O)C(C)C)cc2c(N2CCCCC2)n1. The van der Waals surface area contributed by atoms with Gasteiger partial charge in [0.05, 0.1) is 0 Å². The van der Waals surface area contributed by atoms with E-state index in [1.165, 1.54) is 19.3 Å². The summed E-state index contributed by atoms with van der Waals surface area (Å²) in [6.45, 7) is 10.4. The maximum atomic E-state index is 10.1. The Kier molecular flexibility index (Phi) is 5.42. The quantitative estimate of drug-likeness (QED) is 0.800. The van der Waals surface area contributed by atoms with Crippen molar-refractivity contribution in [2.45, 2.75) is 59.1 Å². The Labute approximate surface area is 150 Å². The van der Waals surface area contributed by atoms with Crippen LogP contribution in [0.25, 0.3) is 10.8 Å². The van der Waals surface area contributed by atoms with Gasteiger partial charge in [-0.15, -0.1) is 0 Å². The van der Waals surface area contributed by atoms with Gasteiger partial charge in [0.15, 0.2) is 0 Å². The fourth-order valence-corrected chi connectivity index (χ4v) is 3.19. The lowest BCUT2D eigenvalue weighted by Crippen LogP contribution is -2.30. The van der Waals surface area contributed by atoms with Crippen LogP contribution in [-0.2, 0) is 0 Å². The molecule has 25 heavy (non-hydrogen) atoms. The number of nitrogens with one attached hydrogen (secondary N) is 1. The van der Waals surface area contributed by atoms with Crippen molar-refractivity contribution >= 4 is 22.4 Å². The third kappa shape index (κ3) is 4.03. The second-order valence-electron chi connectivity index (χ2n) is 7.70. The molecule has 3 rings (SSSR count). The van der Waals surface area contributed by atoms with Gasteiger partial charge in [-0.05, 0) is 43.2 Å². The lowest BCUT2D eigenvalue weighted by molar-refractivity contribution is 0.152. The average molecular weight is 342 g/mol. The predicted octanol–water partition coefficient (Wildman–Crippen LogP) is 4.13. The summed E-state index contributed by atoms with van der Waals surface area (Å²) >= 11 is 0. The highest BCUT2D eigenvalue weighted by Crippen LogP contribution is 2.31. The smallest absolute Gasteiger partial charge is 0.136 e. The number of anilines is 2. The first-order valence-electron chi connectivity index (χ1n) is 9.46. The number of piperidine rings is 1. The molecule has 1 aliphatic rings. The number of nitrogens with zero attached hydrogens (tertiary/aromatic N) is 3. The molecule has 2 aromatic heterocycles. The van der Waals surface area contributed by atoms with E-state index in [-0.39, 0.29) is 5.92 Å². The first kappa shape index (κ1) is 17.9. The van der Waals surface area contributed by atoms with Gasteiger partial charge in [-0.2, -0.15) is 0 Å². The summed E-state index contributed by atoms with van der Waals surface area (Å²) in [5, 5.41) is 15.4. The molecular formula is C20H30N4O. The van der Waals surface area contributed by atoms with Crippen molar-refractivity contribution < 1.29 is 5.11 Å².